The van der Waals surface area contributed by atoms with Crippen LogP contribution in [0.3, 0.4) is 0 Å². The zero-order valence-corrected chi connectivity index (χ0v) is 17.2. The van der Waals surface area contributed by atoms with E-state index in [1.807, 2.05) is 4.72 Å². The van der Waals surface area contributed by atoms with Crippen LogP contribution in [0.25, 0.3) is 0 Å². The number of ether oxygens (including phenoxy) is 2. The molecule has 167 valence electrons. The van der Waals surface area contributed by atoms with Gasteiger partial charge in [0.1, 0.15) is 23.0 Å². The van der Waals surface area contributed by atoms with Crippen molar-refractivity contribution in [3.8, 4) is 23.0 Å². The second-order valence-electron chi connectivity index (χ2n) is 7.26. The van der Waals surface area contributed by atoms with Crippen LogP contribution in [0.15, 0.2) is 54.6 Å². The minimum atomic E-state index is -4.61. The van der Waals surface area contributed by atoms with Gasteiger partial charge in [-0.25, -0.2) is 14.7 Å². The highest BCUT2D eigenvalue weighted by Crippen LogP contribution is 2.57. The molecule has 0 bridgehead atoms. The first-order valence-electron chi connectivity index (χ1n) is 9.34. The summed E-state index contributed by atoms with van der Waals surface area (Å²) in [6.45, 7) is 0. The van der Waals surface area contributed by atoms with Crippen molar-refractivity contribution in [3.63, 3.8) is 0 Å². The third-order valence-electron chi connectivity index (χ3n) is 5.26. The Hall–Kier alpha value is -4.45. The van der Waals surface area contributed by atoms with Crippen LogP contribution in [0.5, 0.6) is 23.0 Å². The normalized spacial score (nSPS) is 15.0. The number of anilines is 1. The summed E-state index contributed by atoms with van der Waals surface area (Å²) in [5.41, 5.74) is -1.04. The zero-order chi connectivity index (χ0) is 23.5. The molecule has 4 N–H and O–H groups in total. The average Bonchev–Trinajstić information content (AvgIpc) is 3.00. The van der Waals surface area contributed by atoms with E-state index < -0.39 is 27.9 Å². The van der Waals surface area contributed by atoms with Crippen LogP contribution in [0, 0.1) is 0 Å². The van der Waals surface area contributed by atoms with Crippen LogP contribution in [-0.4, -0.2) is 30.7 Å². The Morgan fingerprint density at radius 2 is 1.52 bits per heavy atom. The molecule has 12 heteroatoms. The lowest BCUT2D eigenvalue weighted by molar-refractivity contribution is 0.0224. The van der Waals surface area contributed by atoms with Crippen LogP contribution in [0.2, 0.25) is 0 Å². The molecule has 33 heavy (non-hydrogen) atoms. The lowest BCUT2D eigenvalue weighted by Gasteiger charge is -2.36. The first-order valence-corrected chi connectivity index (χ1v) is 10.8. The summed E-state index contributed by atoms with van der Waals surface area (Å²) in [6.07, 6.45) is -2.05. The SMILES string of the molecule is [O]C(=O)NS(=O)(=O)Nc1cccc2c1C(=O)OC21c2ccc(O)cc2Oc2cc(O)ccc21. The van der Waals surface area contributed by atoms with E-state index in [1.54, 1.807) is 6.07 Å². The number of phenolic OH excluding ortho intramolecular Hbond substituents is 2. The maximum absolute atomic E-state index is 13.1. The number of carbonyl (C=O) groups excluding carboxylic acids is 2. The number of nitrogens with one attached hydrogen (secondary N) is 2. The molecule has 0 atom stereocenters. The average molecular weight is 469 g/mol. The van der Waals surface area contributed by atoms with Gasteiger partial charge in [-0.15, -0.1) is 0 Å². The standard InChI is InChI=1S/C21H13N2O9S/c24-10-4-6-12-16(8-10)31-17-9-11(25)5-7-13(17)21(12)14-2-1-3-15(18(14)19(26)32-21)22-33(29,30)23-20(27)28/h1-9,22-25H. The van der Waals surface area contributed by atoms with E-state index in [9.17, 15) is 33.3 Å². The highest BCUT2D eigenvalue weighted by atomic mass is 32.2. The fourth-order valence-electron chi connectivity index (χ4n) is 4.11. The lowest BCUT2D eigenvalue weighted by Crippen LogP contribution is -2.34. The molecule has 2 aliphatic rings. The predicted molar refractivity (Wildman–Crippen MR) is 110 cm³/mol. The molecule has 0 unspecified atom stereocenters. The van der Waals surface area contributed by atoms with E-state index in [2.05, 4.69) is 0 Å². The molecule has 3 aromatic rings. The number of phenols is 2. The topological polar surface area (TPSA) is 171 Å². The van der Waals surface area contributed by atoms with E-state index in [0.717, 1.165) is 0 Å². The Bertz CT molecular complexity index is 1420. The van der Waals surface area contributed by atoms with Crippen molar-refractivity contribution < 1.29 is 42.8 Å². The minimum absolute atomic E-state index is 0.119. The number of hydrogen-bond donors (Lipinski definition) is 4. The molecule has 5 rings (SSSR count). The summed E-state index contributed by atoms with van der Waals surface area (Å²) >= 11 is 0. The molecule has 1 radical (unpaired) electrons. The summed E-state index contributed by atoms with van der Waals surface area (Å²) < 4.78 is 39.1. The molecule has 2 aliphatic heterocycles. The summed E-state index contributed by atoms with van der Waals surface area (Å²) in [4.78, 5) is 23.8. The Morgan fingerprint density at radius 3 is 2.09 bits per heavy atom. The van der Waals surface area contributed by atoms with Gasteiger partial charge in [0.05, 0.1) is 11.3 Å². The fraction of sp³-hybridized carbons (Fsp3) is 0.0476. The second-order valence-corrected chi connectivity index (χ2v) is 8.67. The fourth-order valence-corrected chi connectivity index (χ4v) is 4.84. The molecule has 11 nitrogen and oxygen atoms in total. The summed E-state index contributed by atoms with van der Waals surface area (Å²) in [6, 6.07) is 12.6. The zero-order valence-electron chi connectivity index (χ0n) is 16.4. The number of carbonyl (C=O) groups is 2. The van der Waals surface area contributed by atoms with Gasteiger partial charge < -0.3 is 19.7 Å². The predicted octanol–water partition coefficient (Wildman–Crippen LogP) is 2.46. The third-order valence-corrected chi connectivity index (χ3v) is 6.19. The monoisotopic (exact) mass is 469 g/mol. The Kier molecular flexibility index (Phi) is 4.20. The van der Waals surface area contributed by atoms with Gasteiger partial charge in [0.25, 0.3) is 0 Å². The molecular weight excluding hydrogens is 456 g/mol. The van der Waals surface area contributed by atoms with Crippen LogP contribution >= 0.6 is 0 Å². The van der Waals surface area contributed by atoms with Crippen molar-refractivity contribution in [3.05, 3.63) is 76.9 Å². The van der Waals surface area contributed by atoms with Gasteiger partial charge in [0.2, 0.25) is 0 Å². The molecule has 0 saturated heterocycles. The van der Waals surface area contributed by atoms with Gasteiger partial charge in [0.15, 0.2) is 5.60 Å². The van der Waals surface area contributed by atoms with Crippen molar-refractivity contribution >= 4 is 28.0 Å². The van der Waals surface area contributed by atoms with Crippen molar-refractivity contribution in [2.75, 3.05) is 4.72 Å². The minimum Gasteiger partial charge on any atom is -0.508 e. The quantitative estimate of drug-likeness (QED) is 0.424. The van der Waals surface area contributed by atoms with E-state index in [1.165, 1.54) is 53.3 Å². The van der Waals surface area contributed by atoms with Crippen molar-refractivity contribution in [1.29, 1.82) is 0 Å². The third kappa shape index (κ3) is 3.07. The van der Waals surface area contributed by atoms with Crippen molar-refractivity contribution in [2.45, 2.75) is 5.60 Å². The lowest BCUT2D eigenvalue weighted by atomic mass is 9.77. The van der Waals surface area contributed by atoms with E-state index >= 15 is 0 Å². The van der Waals surface area contributed by atoms with Gasteiger partial charge in [0, 0.05) is 28.8 Å². The van der Waals surface area contributed by atoms with E-state index in [0.29, 0.717) is 11.1 Å². The van der Waals surface area contributed by atoms with Crippen LogP contribution in [0.1, 0.15) is 27.0 Å². The molecule has 0 aromatic heterocycles. The Labute approximate surface area is 186 Å². The smallest absolute Gasteiger partial charge is 0.465 e. The highest BCUT2D eigenvalue weighted by molar-refractivity contribution is 7.91. The second kappa shape index (κ2) is 6.77. The van der Waals surface area contributed by atoms with Crippen molar-refractivity contribution in [1.82, 2.24) is 4.72 Å². The maximum Gasteiger partial charge on any atom is 0.465 e. The number of fused-ring (bicyclic) bond motifs is 6. The molecule has 0 fully saturated rings. The summed E-state index contributed by atoms with van der Waals surface area (Å²) in [5, 5.41) is 30.6. The maximum atomic E-state index is 13.1. The Balaban J connectivity index is 1.77. The molecule has 3 aromatic carbocycles. The summed E-state index contributed by atoms with van der Waals surface area (Å²) in [7, 11) is -4.61. The molecule has 0 aliphatic carbocycles. The van der Waals surface area contributed by atoms with Crippen molar-refractivity contribution in [2.24, 2.45) is 0 Å². The van der Waals surface area contributed by atoms with Gasteiger partial charge in [-0.3, -0.25) is 4.72 Å². The van der Waals surface area contributed by atoms with Crippen LogP contribution in [0.4, 0.5) is 10.5 Å². The van der Waals surface area contributed by atoms with Crippen LogP contribution in [-0.2, 0) is 25.7 Å². The van der Waals surface area contributed by atoms with Gasteiger partial charge in [-0.1, -0.05) is 12.1 Å². The largest absolute Gasteiger partial charge is 0.508 e. The van der Waals surface area contributed by atoms with E-state index in [-0.39, 0.29) is 39.8 Å². The highest BCUT2D eigenvalue weighted by Gasteiger charge is 2.54. The summed E-state index contributed by atoms with van der Waals surface area (Å²) in [5.74, 6) is -0.827. The molecule has 0 saturated carbocycles. The van der Waals surface area contributed by atoms with Crippen LogP contribution < -0.4 is 14.2 Å². The van der Waals surface area contributed by atoms with Gasteiger partial charge in [-0.05, 0) is 30.3 Å². The number of amides is 1. The van der Waals surface area contributed by atoms with E-state index in [4.69, 9.17) is 9.47 Å². The number of rotatable bonds is 3. The van der Waals surface area contributed by atoms with Gasteiger partial charge >= 0.3 is 22.3 Å². The van der Waals surface area contributed by atoms with Gasteiger partial charge in [-0.2, -0.15) is 13.1 Å². The molecular formula is C21H13N2O9S. The first-order chi connectivity index (χ1) is 15.6. The number of benzene rings is 3. The number of hydrogen-bond acceptors (Lipinski definition) is 8. The number of esters is 1. The Morgan fingerprint density at radius 1 is 0.909 bits per heavy atom. The number of aromatic hydroxyl groups is 2. The molecule has 1 spiro atoms. The first kappa shape index (κ1) is 20.5. The molecule has 2 heterocycles. The molecule has 1 amide bonds.